The summed E-state index contributed by atoms with van der Waals surface area (Å²) >= 11 is 0. The summed E-state index contributed by atoms with van der Waals surface area (Å²) in [6.07, 6.45) is 10.2. The molecule has 0 saturated heterocycles. The van der Waals surface area contributed by atoms with Gasteiger partial charge in [0.15, 0.2) is 0 Å². The minimum absolute atomic E-state index is 0.0521. The summed E-state index contributed by atoms with van der Waals surface area (Å²) in [5.41, 5.74) is 3.27. The van der Waals surface area contributed by atoms with Crippen molar-refractivity contribution in [2.24, 2.45) is 22.9 Å². The van der Waals surface area contributed by atoms with Crippen molar-refractivity contribution in [2.75, 3.05) is 0 Å². The molecule has 2 N–H and O–H groups in total. The molecule has 0 aromatic heterocycles. The highest BCUT2D eigenvalue weighted by molar-refractivity contribution is 6.00. The van der Waals surface area contributed by atoms with Crippen LogP contribution in [0.2, 0.25) is 0 Å². The van der Waals surface area contributed by atoms with Crippen LogP contribution >= 0.6 is 0 Å². The highest BCUT2D eigenvalue weighted by atomic mass is 16.2. The number of rotatable bonds is 7. The van der Waals surface area contributed by atoms with Crippen molar-refractivity contribution in [3.8, 4) is 0 Å². The molecule has 4 saturated carbocycles. The van der Waals surface area contributed by atoms with Crippen LogP contribution in [0, 0.1) is 17.8 Å². The zero-order valence-electron chi connectivity index (χ0n) is 15.1. The third-order valence-corrected chi connectivity index (χ3v) is 5.99. The van der Waals surface area contributed by atoms with E-state index in [1.807, 2.05) is 0 Å². The zero-order valence-corrected chi connectivity index (χ0v) is 15.1. The summed E-state index contributed by atoms with van der Waals surface area (Å²) in [7, 11) is 0. The van der Waals surface area contributed by atoms with Crippen LogP contribution in [0.15, 0.2) is 5.10 Å². The van der Waals surface area contributed by atoms with Crippen molar-refractivity contribution in [3.05, 3.63) is 0 Å². The third kappa shape index (κ3) is 4.17. The summed E-state index contributed by atoms with van der Waals surface area (Å²) in [4.78, 5) is 24.0. The van der Waals surface area contributed by atoms with Crippen LogP contribution in [0.3, 0.4) is 0 Å². The van der Waals surface area contributed by atoms with Crippen molar-refractivity contribution < 1.29 is 9.59 Å². The summed E-state index contributed by atoms with van der Waals surface area (Å²) in [5, 5.41) is 7.41. The second kappa shape index (κ2) is 7.24. The number of nitrogens with one attached hydrogen (secondary N) is 2. The van der Waals surface area contributed by atoms with Crippen molar-refractivity contribution in [2.45, 2.75) is 83.6 Å². The highest BCUT2D eigenvalue weighted by Crippen LogP contribution is 2.55. The van der Waals surface area contributed by atoms with E-state index >= 15 is 0 Å². The number of hydrogen-bond donors (Lipinski definition) is 2. The number of hydrazone groups is 1. The lowest BCUT2D eigenvalue weighted by molar-refractivity contribution is -0.126. The summed E-state index contributed by atoms with van der Waals surface area (Å²) < 4.78 is 0. The van der Waals surface area contributed by atoms with Gasteiger partial charge in [-0.05, 0) is 69.6 Å². The molecule has 4 rings (SSSR count). The molecule has 134 valence electrons. The molecule has 24 heavy (non-hydrogen) atoms. The highest BCUT2D eigenvalue weighted by Gasteiger charge is 2.51. The molecule has 0 atom stereocenters. The second-order valence-electron chi connectivity index (χ2n) is 8.41. The first-order valence-corrected chi connectivity index (χ1v) is 9.61. The third-order valence-electron chi connectivity index (χ3n) is 5.99. The number of carbonyl (C=O) groups is 2. The fourth-order valence-electron chi connectivity index (χ4n) is 5.43. The molecule has 4 bridgehead atoms. The van der Waals surface area contributed by atoms with Crippen LogP contribution < -0.4 is 10.7 Å². The summed E-state index contributed by atoms with van der Waals surface area (Å²) in [6, 6.07) is 0. The lowest BCUT2D eigenvalue weighted by Crippen LogP contribution is -2.60. The summed E-state index contributed by atoms with van der Waals surface area (Å²) in [5.74, 6) is 2.45. The van der Waals surface area contributed by atoms with E-state index in [9.17, 15) is 9.59 Å². The Hall–Kier alpha value is -1.39. The fourth-order valence-corrected chi connectivity index (χ4v) is 5.43. The van der Waals surface area contributed by atoms with Gasteiger partial charge in [-0.25, -0.2) is 5.43 Å². The molecule has 5 nitrogen and oxygen atoms in total. The van der Waals surface area contributed by atoms with Gasteiger partial charge in [0.1, 0.15) is 0 Å². The van der Waals surface area contributed by atoms with Gasteiger partial charge in [0, 0.05) is 17.7 Å². The van der Waals surface area contributed by atoms with E-state index in [1.54, 1.807) is 6.92 Å². The van der Waals surface area contributed by atoms with Gasteiger partial charge in [0.05, 0.1) is 6.42 Å². The molecule has 2 amide bonds. The molecule has 0 aliphatic heterocycles. The Morgan fingerprint density at radius 1 is 1.04 bits per heavy atom. The van der Waals surface area contributed by atoms with E-state index in [0.29, 0.717) is 12.1 Å². The molecule has 0 spiro atoms. The van der Waals surface area contributed by atoms with Gasteiger partial charge in [-0.2, -0.15) is 5.10 Å². The van der Waals surface area contributed by atoms with Crippen LogP contribution in [0.4, 0.5) is 0 Å². The van der Waals surface area contributed by atoms with E-state index < -0.39 is 0 Å². The molecular formula is C19H31N3O2. The fraction of sp³-hybridized carbons (Fsp3) is 0.842. The number of hydrogen-bond acceptors (Lipinski definition) is 3. The van der Waals surface area contributed by atoms with Crippen molar-refractivity contribution in [3.63, 3.8) is 0 Å². The average molecular weight is 333 g/mol. The molecule has 0 aromatic carbocycles. The Morgan fingerprint density at radius 3 is 2.17 bits per heavy atom. The molecule has 0 unspecified atom stereocenters. The Labute approximate surface area is 145 Å². The minimum Gasteiger partial charge on any atom is -0.350 e. The van der Waals surface area contributed by atoms with E-state index in [1.165, 1.54) is 19.3 Å². The quantitative estimate of drug-likeness (QED) is 0.555. The molecular weight excluding hydrogens is 302 g/mol. The first-order valence-electron chi connectivity index (χ1n) is 9.61. The Balaban J connectivity index is 1.48. The molecule has 5 heteroatoms. The van der Waals surface area contributed by atoms with Gasteiger partial charge in [-0.1, -0.05) is 13.3 Å². The largest absolute Gasteiger partial charge is 0.350 e. The lowest BCUT2D eigenvalue weighted by Gasteiger charge is -2.56. The van der Waals surface area contributed by atoms with Crippen LogP contribution in [-0.2, 0) is 9.59 Å². The van der Waals surface area contributed by atoms with Crippen LogP contribution in [-0.4, -0.2) is 23.1 Å². The standard InChI is InChI=1S/C19H31N3O2/c1-3-4-5-17(23)22-21-13(2)6-18(24)20-19-10-14-7-15(11-19)9-16(8-14)12-19/h14-16H,3-12H2,1-2H3,(H,20,24)(H,22,23)/b21-13+. The zero-order chi connectivity index (χ0) is 17.2. The van der Waals surface area contributed by atoms with Crippen molar-refractivity contribution in [1.29, 1.82) is 0 Å². The lowest BCUT2D eigenvalue weighted by atomic mass is 9.53. The van der Waals surface area contributed by atoms with E-state index in [0.717, 1.165) is 49.9 Å². The number of nitrogens with zero attached hydrogens (tertiary/aromatic N) is 1. The smallest absolute Gasteiger partial charge is 0.240 e. The molecule has 0 aromatic rings. The Bertz CT molecular complexity index is 491. The van der Waals surface area contributed by atoms with Crippen molar-refractivity contribution >= 4 is 17.5 Å². The van der Waals surface area contributed by atoms with Gasteiger partial charge < -0.3 is 5.32 Å². The maximum atomic E-state index is 12.5. The monoisotopic (exact) mass is 333 g/mol. The Morgan fingerprint density at radius 2 is 1.62 bits per heavy atom. The topological polar surface area (TPSA) is 70.6 Å². The van der Waals surface area contributed by atoms with Crippen LogP contribution in [0.5, 0.6) is 0 Å². The molecule has 4 aliphatic rings. The number of carbonyl (C=O) groups excluding carboxylic acids is 2. The van der Waals surface area contributed by atoms with Gasteiger partial charge in [-0.15, -0.1) is 0 Å². The Kier molecular flexibility index (Phi) is 5.26. The first-order chi connectivity index (χ1) is 11.5. The average Bonchev–Trinajstić information content (AvgIpc) is 2.48. The van der Waals surface area contributed by atoms with Crippen LogP contribution in [0.1, 0.15) is 78.1 Å². The number of amides is 2. The summed E-state index contributed by atoms with van der Waals surface area (Å²) in [6.45, 7) is 3.86. The predicted molar refractivity (Wildman–Crippen MR) is 94.4 cm³/mol. The van der Waals surface area contributed by atoms with Crippen LogP contribution in [0.25, 0.3) is 0 Å². The normalized spacial score (nSPS) is 34.2. The van der Waals surface area contributed by atoms with E-state index in [-0.39, 0.29) is 23.8 Å². The molecule has 0 heterocycles. The van der Waals surface area contributed by atoms with Gasteiger partial charge >= 0.3 is 0 Å². The van der Waals surface area contributed by atoms with E-state index in [2.05, 4.69) is 22.8 Å². The number of unbranched alkanes of at least 4 members (excludes halogenated alkanes) is 1. The predicted octanol–water partition coefficient (Wildman–Crippen LogP) is 3.14. The van der Waals surface area contributed by atoms with Crippen molar-refractivity contribution in [1.82, 2.24) is 10.7 Å². The van der Waals surface area contributed by atoms with E-state index in [4.69, 9.17) is 0 Å². The maximum Gasteiger partial charge on any atom is 0.240 e. The SMILES string of the molecule is CCCCC(=O)N/N=C(\C)CC(=O)NC12CC3CC(CC(C3)C1)C2. The molecule has 4 aliphatic carbocycles. The maximum absolute atomic E-state index is 12.5. The molecule has 4 fully saturated rings. The second-order valence-corrected chi connectivity index (χ2v) is 8.41. The van der Waals surface area contributed by atoms with Gasteiger partial charge in [-0.3, -0.25) is 9.59 Å². The van der Waals surface area contributed by atoms with Gasteiger partial charge in [0.2, 0.25) is 11.8 Å². The first kappa shape index (κ1) is 17.4. The van der Waals surface area contributed by atoms with Gasteiger partial charge in [0.25, 0.3) is 0 Å². The molecule has 0 radical (unpaired) electrons. The minimum atomic E-state index is -0.0716.